The van der Waals surface area contributed by atoms with Crippen LogP contribution >= 0.6 is 31.9 Å². The first-order valence-corrected chi connectivity index (χ1v) is 29.4. The summed E-state index contributed by atoms with van der Waals surface area (Å²) < 4.78 is 88.7. The first-order valence-electron chi connectivity index (χ1n) is 27.8. The van der Waals surface area contributed by atoms with Crippen LogP contribution in [0.2, 0.25) is 0 Å². The van der Waals surface area contributed by atoms with Gasteiger partial charge in [0.15, 0.2) is 0 Å². The molecule has 5 aromatic carbocycles. The van der Waals surface area contributed by atoms with E-state index in [1.807, 2.05) is 127 Å². The van der Waals surface area contributed by atoms with Crippen LogP contribution < -0.4 is 25.0 Å². The Morgan fingerprint density at radius 3 is 1.35 bits per heavy atom. The topological polar surface area (TPSA) is 153 Å². The molecule has 84 heavy (non-hydrogen) atoms. The van der Waals surface area contributed by atoms with Crippen LogP contribution in [0.25, 0.3) is 44.3 Å². The van der Waals surface area contributed by atoms with E-state index in [1.54, 1.807) is 59.9 Å². The third-order valence-electron chi connectivity index (χ3n) is 13.6. The molecule has 22 heteroatoms. The number of benzene rings is 5. The van der Waals surface area contributed by atoms with Crippen molar-refractivity contribution in [3.05, 3.63) is 117 Å². The molecule has 0 saturated carbocycles. The molecule has 0 unspecified atom stereocenters. The van der Waals surface area contributed by atoms with Gasteiger partial charge in [-0.05, 0) is 169 Å². The minimum atomic E-state index is -0.753. The minimum Gasteiger partial charge on any atom is -0.493 e. The highest BCUT2D eigenvalue weighted by molar-refractivity contribution is 9.10. The Kier molecular flexibility index (Phi) is 22.8. The minimum absolute atomic E-state index is 0.332. The van der Waals surface area contributed by atoms with Crippen molar-refractivity contribution in [3.63, 3.8) is 0 Å². The molecule has 0 radical (unpaired) electrons. The lowest BCUT2D eigenvalue weighted by Crippen LogP contribution is -2.41. The summed E-state index contributed by atoms with van der Waals surface area (Å²) in [6, 6.07) is 26.1. The van der Waals surface area contributed by atoms with Crippen molar-refractivity contribution in [3.8, 4) is 39.8 Å². The van der Waals surface area contributed by atoms with Crippen LogP contribution in [-0.4, -0.2) is 132 Å². The van der Waals surface area contributed by atoms with Crippen molar-refractivity contribution >= 4 is 78.4 Å². The number of rotatable bonds is 18. The predicted molar refractivity (Wildman–Crippen MR) is 332 cm³/mol. The van der Waals surface area contributed by atoms with Crippen molar-refractivity contribution in [1.82, 2.24) is 34.7 Å². The largest absolute Gasteiger partial charge is 0.497 e. The summed E-state index contributed by atoms with van der Waals surface area (Å²) in [5.41, 5.74) is 2.22. The van der Waals surface area contributed by atoms with Crippen LogP contribution in [0.3, 0.4) is 0 Å². The van der Waals surface area contributed by atoms with E-state index in [0.29, 0.717) is 91.0 Å². The van der Waals surface area contributed by atoms with Gasteiger partial charge in [-0.1, -0.05) is 37.9 Å². The number of ether oxygens (including phenoxy) is 5. The second-order valence-corrected chi connectivity index (χ2v) is 25.2. The van der Waals surface area contributed by atoms with Crippen LogP contribution in [0.4, 0.5) is 22.8 Å². The van der Waals surface area contributed by atoms with Crippen molar-refractivity contribution in [1.29, 1.82) is 0 Å². The third-order valence-corrected chi connectivity index (χ3v) is 14.5. The fraction of sp³-hybridized carbons (Fsp3) is 0.452. The van der Waals surface area contributed by atoms with Crippen LogP contribution in [0.15, 0.2) is 99.9 Å². The Balaban J connectivity index is 0.000000204. The first kappa shape index (κ1) is 66.8. The summed E-state index contributed by atoms with van der Waals surface area (Å²) in [5, 5.41) is 13.8. The zero-order valence-corrected chi connectivity index (χ0v) is 54.0. The van der Waals surface area contributed by atoms with Crippen LogP contribution in [0.1, 0.15) is 88.5 Å². The van der Waals surface area contributed by atoms with E-state index in [4.69, 9.17) is 33.0 Å². The molecular formula is C62H79BBr2F3N7O9. The van der Waals surface area contributed by atoms with Gasteiger partial charge in [-0.2, -0.15) is 10.2 Å². The van der Waals surface area contributed by atoms with E-state index in [9.17, 15) is 22.8 Å². The van der Waals surface area contributed by atoms with Crippen LogP contribution in [0.5, 0.6) is 17.2 Å². The van der Waals surface area contributed by atoms with Crippen LogP contribution in [-0.2, 0) is 32.9 Å². The quantitative estimate of drug-likeness (QED) is 0.0643. The molecule has 1 N–H and O–H groups in total. The summed E-state index contributed by atoms with van der Waals surface area (Å²) in [5.74, 6) is 0.218. The Morgan fingerprint density at radius 1 is 0.595 bits per heavy atom. The van der Waals surface area contributed by atoms with Gasteiger partial charge in [0, 0.05) is 95.8 Å². The third kappa shape index (κ3) is 18.3. The molecule has 2 amide bonds. The number of fused-ring (bicyclic) bond motifs is 2. The number of carbonyl (C=O) groups excluding carboxylic acids is 2. The molecule has 1 saturated heterocycles. The van der Waals surface area contributed by atoms with Gasteiger partial charge in [0.25, 0.3) is 0 Å². The Morgan fingerprint density at radius 2 is 0.976 bits per heavy atom. The van der Waals surface area contributed by atoms with Gasteiger partial charge in [-0.3, -0.25) is 9.36 Å². The number of aryl methyl sites for hydroxylation is 2. The average molecular weight is 1290 g/mol. The molecule has 0 bridgehead atoms. The zero-order chi connectivity index (χ0) is 61.9. The molecule has 454 valence electrons. The number of aromatic nitrogens is 4. The van der Waals surface area contributed by atoms with Crippen molar-refractivity contribution in [2.45, 2.75) is 111 Å². The van der Waals surface area contributed by atoms with E-state index in [2.05, 4.69) is 47.4 Å². The molecule has 3 heterocycles. The van der Waals surface area contributed by atoms with E-state index in [-0.39, 0.29) is 18.0 Å². The number of amides is 2. The monoisotopic (exact) mass is 1290 g/mol. The average Bonchev–Trinajstić information content (AvgIpc) is 3.64. The predicted octanol–water partition coefficient (Wildman–Crippen LogP) is 13.7. The molecule has 1 aliphatic rings. The van der Waals surface area contributed by atoms with E-state index in [1.165, 1.54) is 28.0 Å². The van der Waals surface area contributed by atoms with Gasteiger partial charge in [0.1, 0.15) is 57.3 Å². The molecule has 2 aromatic heterocycles. The summed E-state index contributed by atoms with van der Waals surface area (Å²) in [7, 11) is 8.19. The summed E-state index contributed by atoms with van der Waals surface area (Å²) in [6.07, 6.45) is 1.31. The fourth-order valence-corrected chi connectivity index (χ4v) is 9.19. The smallest absolute Gasteiger partial charge is 0.493 e. The highest BCUT2D eigenvalue weighted by Gasteiger charge is 2.52. The molecular weight excluding hydrogens is 1210 g/mol. The van der Waals surface area contributed by atoms with Crippen molar-refractivity contribution in [2.75, 3.05) is 60.6 Å². The van der Waals surface area contributed by atoms with Gasteiger partial charge in [0.2, 0.25) is 0 Å². The maximum atomic E-state index is 14.9. The van der Waals surface area contributed by atoms with Gasteiger partial charge in [0.05, 0.1) is 42.1 Å². The van der Waals surface area contributed by atoms with E-state index in [0.717, 1.165) is 43.7 Å². The lowest BCUT2D eigenvalue weighted by atomic mass is 9.78. The van der Waals surface area contributed by atoms with Gasteiger partial charge in [-0.15, -0.1) is 0 Å². The van der Waals surface area contributed by atoms with Crippen molar-refractivity contribution in [2.24, 2.45) is 14.1 Å². The molecule has 0 atom stereocenters. The summed E-state index contributed by atoms with van der Waals surface area (Å²) in [6.45, 7) is 21.7. The normalized spacial score (nSPS) is 13.6. The first-order chi connectivity index (χ1) is 39.4. The second-order valence-electron chi connectivity index (χ2n) is 23.3. The SMILES string of the molecule is CN(CCCOc1ccc(-c2nn(C)c3ccc(Br)cc23)c(F)c1)C(=O)OC(C)(C)C.CN(CCCOc1ccc(B2OC(C)(C)C(C)(C)O2)c(F)c1)C(=O)OC(C)(C)C.CNCCCOc1ccc(-c2nn(C)c3ccc(Br)cc23)c(F)c1. The molecule has 0 aliphatic carbocycles. The molecule has 7 aromatic rings. The van der Waals surface area contributed by atoms with Crippen LogP contribution in [0, 0.1) is 17.5 Å². The molecule has 1 fully saturated rings. The standard InChI is InChI=1S/C23H27BrFN3O3.C21H33BFNO5.C18H19BrFN3O/c1-23(2,3)31-22(29)27(4)11-6-12-30-16-8-9-17(19(25)14-16)21-18-13-15(24)7-10-20(18)28(5)26-21;1-19(2,3)27-18(25)24(8)12-9-13-26-15-10-11-16(17(23)14-15)22-28-20(4,5)21(6,7)29-22;1-21-8-3-9-24-13-5-6-14(16(20)11-13)18-15-10-12(19)4-7-17(15)23(2)22-18/h7-10,13-14H,6,11-12H2,1-5H3;10-11,14H,9,12-13H2,1-8H3;4-7,10-11,21H,3,8-9H2,1-2H3. The van der Waals surface area contributed by atoms with Gasteiger partial charge >= 0.3 is 19.3 Å². The van der Waals surface area contributed by atoms with Crippen molar-refractivity contribution < 1.29 is 55.8 Å². The van der Waals surface area contributed by atoms with Gasteiger partial charge < -0.3 is 48.1 Å². The Labute approximate surface area is 509 Å². The second kappa shape index (κ2) is 28.7. The number of nitrogens with one attached hydrogen (secondary N) is 1. The Hall–Kier alpha value is -6.33. The lowest BCUT2D eigenvalue weighted by Gasteiger charge is -2.32. The Bertz CT molecular complexity index is 3370. The number of hydrogen-bond acceptors (Lipinski definition) is 12. The number of nitrogens with zero attached hydrogens (tertiary/aromatic N) is 6. The van der Waals surface area contributed by atoms with E-state index >= 15 is 0 Å². The maximum Gasteiger partial charge on any atom is 0.497 e. The fourth-order valence-electron chi connectivity index (χ4n) is 8.47. The maximum absolute atomic E-state index is 14.9. The van der Waals surface area contributed by atoms with E-state index < -0.39 is 41.2 Å². The molecule has 8 rings (SSSR count). The zero-order valence-electron chi connectivity index (χ0n) is 50.8. The highest BCUT2D eigenvalue weighted by Crippen LogP contribution is 2.38. The number of halogens is 5. The number of hydrogen-bond donors (Lipinski definition) is 1. The number of carbonyl (C=O) groups is 2. The summed E-state index contributed by atoms with van der Waals surface area (Å²) >= 11 is 6.93. The molecule has 16 nitrogen and oxygen atoms in total. The van der Waals surface area contributed by atoms with Gasteiger partial charge in [-0.25, -0.2) is 22.8 Å². The molecule has 1 aliphatic heterocycles. The highest BCUT2D eigenvalue weighted by atomic mass is 79.9. The lowest BCUT2D eigenvalue weighted by molar-refractivity contribution is 0.00578. The molecule has 0 spiro atoms. The summed E-state index contributed by atoms with van der Waals surface area (Å²) in [4.78, 5) is 26.9.